The number of aryl methyl sites for hydroxylation is 1. The average molecular weight is 475 g/mol. The van der Waals surface area contributed by atoms with Crippen LogP contribution in [0.2, 0.25) is 0 Å². The second-order valence-electron chi connectivity index (χ2n) is 8.66. The molecular formula is C27H34N6O2. The zero-order chi connectivity index (χ0) is 25.2. The Kier molecular flexibility index (Phi) is 6.63. The molecule has 0 saturated heterocycles. The number of nitrogens with zero attached hydrogens (tertiary/aromatic N) is 5. The Hall–Kier alpha value is -4.09. The number of nitriles is 1. The summed E-state index contributed by atoms with van der Waals surface area (Å²) >= 11 is 0. The van der Waals surface area contributed by atoms with E-state index in [9.17, 15) is 10.1 Å². The van der Waals surface area contributed by atoms with Crippen LogP contribution < -0.4 is 11.3 Å². The Morgan fingerprint density at radius 1 is 1.17 bits per heavy atom. The van der Waals surface area contributed by atoms with Crippen LogP contribution in [0, 0.1) is 18.3 Å². The Morgan fingerprint density at radius 3 is 2.63 bits per heavy atom. The molecule has 0 fully saturated rings. The van der Waals surface area contributed by atoms with Gasteiger partial charge in [0.25, 0.3) is 5.56 Å². The topological polar surface area (TPSA) is 124 Å². The molecule has 8 nitrogen and oxygen atoms in total. The van der Waals surface area contributed by atoms with E-state index in [2.05, 4.69) is 16.2 Å². The van der Waals surface area contributed by atoms with E-state index in [-0.39, 0.29) is 15.9 Å². The third kappa shape index (κ3) is 4.51. The lowest BCUT2D eigenvalue weighted by atomic mass is 9.94. The fourth-order valence-corrected chi connectivity index (χ4v) is 4.10. The molecule has 0 saturated carbocycles. The van der Waals surface area contributed by atoms with Crippen LogP contribution in [0.3, 0.4) is 0 Å². The third-order valence-electron chi connectivity index (χ3n) is 6.45. The second kappa shape index (κ2) is 9.65. The van der Waals surface area contributed by atoms with E-state index < -0.39 is 5.54 Å². The zero-order valence-corrected chi connectivity index (χ0v) is 20.3. The minimum absolute atomic E-state index is 0. The predicted molar refractivity (Wildman–Crippen MR) is 141 cm³/mol. The van der Waals surface area contributed by atoms with Crippen LogP contribution in [-0.2, 0) is 5.54 Å². The molecule has 1 atom stereocenters. The maximum Gasteiger partial charge on any atom is 0.251 e. The first-order valence-electron chi connectivity index (χ1n) is 11.6. The first-order chi connectivity index (χ1) is 16.8. The molecule has 8 heteroatoms. The smallest absolute Gasteiger partial charge is 0.251 e. The van der Waals surface area contributed by atoms with Crippen molar-refractivity contribution in [2.75, 3.05) is 0 Å². The summed E-state index contributed by atoms with van der Waals surface area (Å²) in [6.07, 6.45) is 4.36. The van der Waals surface area contributed by atoms with Crippen LogP contribution in [0.25, 0.3) is 34.0 Å². The SMILES string of the molecule is CCC(C#N)(CC)n1cc(-c2cnc(C)c(-c3cc(-c4cccc([C@@H](C)N)c4)no3)n2)ccc1=O.[HH].[HH].[HH]. The van der Waals surface area contributed by atoms with Gasteiger partial charge in [-0.05, 0) is 44.4 Å². The average Bonchev–Trinajstić information content (AvgIpc) is 3.37. The van der Waals surface area contributed by atoms with Crippen LogP contribution in [0.4, 0.5) is 0 Å². The van der Waals surface area contributed by atoms with Crippen molar-refractivity contribution in [2.24, 2.45) is 5.73 Å². The molecular weight excluding hydrogens is 440 g/mol. The van der Waals surface area contributed by atoms with Crippen molar-refractivity contribution >= 4 is 0 Å². The van der Waals surface area contributed by atoms with Crippen molar-refractivity contribution in [3.63, 3.8) is 0 Å². The van der Waals surface area contributed by atoms with Gasteiger partial charge in [-0.15, -0.1) is 0 Å². The minimum Gasteiger partial charge on any atom is -0.354 e. The molecule has 0 bridgehead atoms. The predicted octanol–water partition coefficient (Wildman–Crippen LogP) is 5.73. The van der Waals surface area contributed by atoms with Crippen molar-refractivity contribution in [1.82, 2.24) is 19.7 Å². The van der Waals surface area contributed by atoms with Crippen molar-refractivity contribution in [2.45, 2.75) is 52.1 Å². The summed E-state index contributed by atoms with van der Waals surface area (Å²) in [5, 5.41) is 14.1. The van der Waals surface area contributed by atoms with Crippen LogP contribution in [-0.4, -0.2) is 19.7 Å². The van der Waals surface area contributed by atoms with E-state index >= 15 is 0 Å². The van der Waals surface area contributed by atoms with Crippen molar-refractivity contribution in [3.05, 3.63) is 76.5 Å². The lowest BCUT2D eigenvalue weighted by Crippen LogP contribution is -2.38. The van der Waals surface area contributed by atoms with E-state index in [1.54, 1.807) is 18.5 Å². The molecule has 3 aromatic heterocycles. The number of aromatic nitrogens is 4. The lowest BCUT2D eigenvalue weighted by molar-refractivity contribution is 0.345. The molecule has 0 radical (unpaired) electrons. The summed E-state index contributed by atoms with van der Waals surface area (Å²) in [7, 11) is 0. The molecule has 1 aromatic carbocycles. The molecule has 4 aromatic rings. The zero-order valence-electron chi connectivity index (χ0n) is 20.3. The molecule has 0 amide bonds. The fraction of sp³-hybridized carbons (Fsp3) is 0.296. The van der Waals surface area contributed by atoms with Crippen LogP contribution >= 0.6 is 0 Å². The molecule has 0 aliphatic carbocycles. The number of hydrogen-bond donors (Lipinski definition) is 1. The Labute approximate surface area is 208 Å². The number of benzene rings is 1. The van der Waals surface area contributed by atoms with Gasteiger partial charge in [0.1, 0.15) is 16.9 Å². The van der Waals surface area contributed by atoms with Gasteiger partial charge in [-0.1, -0.05) is 37.2 Å². The highest BCUT2D eigenvalue weighted by atomic mass is 16.5. The number of nitrogens with two attached hydrogens (primary N) is 1. The van der Waals surface area contributed by atoms with Gasteiger partial charge in [0.05, 0.1) is 23.7 Å². The number of rotatable bonds is 7. The monoisotopic (exact) mass is 474 g/mol. The van der Waals surface area contributed by atoms with Gasteiger partial charge in [-0.3, -0.25) is 14.3 Å². The fourth-order valence-electron chi connectivity index (χ4n) is 4.10. The molecule has 0 aliphatic rings. The van der Waals surface area contributed by atoms with E-state index in [1.807, 2.05) is 58.0 Å². The van der Waals surface area contributed by atoms with E-state index in [4.69, 9.17) is 15.2 Å². The molecule has 2 N–H and O–H groups in total. The van der Waals surface area contributed by atoms with Crippen molar-refractivity contribution in [3.8, 4) is 40.0 Å². The molecule has 0 aliphatic heterocycles. The van der Waals surface area contributed by atoms with Crippen LogP contribution in [0.15, 0.2) is 64.2 Å². The van der Waals surface area contributed by atoms with Gasteiger partial charge >= 0.3 is 0 Å². The van der Waals surface area contributed by atoms with Gasteiger partial charge in [0.15, 0.2) is 5.76 Å². The first kappa shape index (κ1) is 24.0. The summed E-state index contributed by atoms with van der Waals surface area (Å²) in [5.41, 5.74) is 9.95. The first-order valence-corrected chi connectivity index (χ1v) is 11.6. The van der Waals surface area contributed by atoms with Gasteiger partial charge in [0, 0.05) is 39.8 Å². The van der Waals surface area contributed by atoms with Crippen molar-refractivity contribution < 1.29 is 8.80 Å². The van der Waals surface area contributed by atoms with E-state index in [0.29, 0.717) is 46.9 Å². The summed E-state index contributed by atoms with van der Waals surface area (Å²) in [6, 6.07) is 15.1. The normalized spacial score (nSPS) is 12.3. The van der Waals surface area contributed by atoms with Crippen LogP contribution in [0.1, 0.15) is 55.2 Å². The molecule has 0 spiro atoms. The maximum atomic E-state index is 12.6. The summed E-state index contributed by atoms with van der Waals surface area (Å²) in [5.74, 6) is 0.486. The standard InChI is InChI=1S/C27H28N6O2.3H2/c1-5-27(6-2,16-28)33-15-21(10-11-25(33)34)23-14-30-18(4)26(31-23)24-13-22(32-35-24)20-9-7-8-19(12-20)17(3)29;;;/h7-15,17H,5-6,29H2,1-4H3;3*1H/t17-;;;/m1.../s1. The maximum absolute atomic E-state index is 12.6. The van der Waals surface area contributed by atoms with Gasteiger partial charge < -0.3 is 10.3 Å². The van der Waals surface area contributed by atoms with Gasteiger partial charge in [0.2, 0.25) is 0 Å². The summed E-state index contributed by atoms with van der Waals surface area (Å²) < 4.78 is 7.15. The molecule has 184 valence electrons. The van der Waals surface area contributed by atoms with Gasteiger partial charge in [-0.2, -0.15) is 5.26 Å². The third-order valence-corrected chi connectivity index (χ3v) is 6.45. The minimum atomic E-state index is -0.913. The molecule has 3 heterocycles. The Balaban J connectivity index is 0.00000241. The lowest BCUT2D eigenvalue weighted by Gasteiger charge is -2.26. The van der Waals surface area contributed by atoms with E-state index in [0.717, 1.165) is 11.1 Å². The Bertz CT molecular complexity index is 1470. The quantitative estimate of drug-likeness (QED) is 0.362. The molecule has 4 rings (SSSR count). The van der Waals surface area contributed by atoms with E-state index in [1.165, 1.54) is 10.6 Å². The van der Waals surface area contributed by atoms with Crippen molar-refractivity contribution in [1.29, 1.82) is 5.26 Å². The number of pyridine rings is 1. The highest BCUT2D eigenvalue weighted by Gasteiger charge is 2.29. The molecule has 35 heavy (non-hydrogen) atoms. The largest absolute Gasteiger partial charge is 0.354 e. The molecule has 0 unspecified atom stereocenters. The second-order valence-corrected chi connectivity index (χ2v) is 8.66. The summed E-state index contributed by atoms with van der Waals surface area (Å²) in [4.78, 5) is 21.9. The highest BCUT2D eigenvalue weighted by molar-refractivity contribution is 5.68. The number of hydrogen-bond acceptors (Lipinski definition) is 7. The van der Waals surface area contributed by atoms with Crippen LogP contribution in [0.5, 0.6) is 0 Å². The van der Waals surface area contributed by atoms with Gasteiger partial charge in [-0.25, -0.2) is 4.98 Å². The summed E-state index contributed by atoms with van der Waals surface area (Å²) in [6.45, 7) is 7.59. The Morgan fingerprint density at radius 2 is 1.94 bits per heavy atom. The highest BCUT2D eigenvalue weighted by Crippen LogP contribution is 2.30.